The SMILES string of the molecule is C[C@@H]1CC(c2ccncc2[N+](=O)[O-])=C[C@H](O[Si](C)(C)C(C)(C)C)C1. The van der Waals surface area contributed by atoms with E-state index in [1.807, 2.05) is 0 Å². The molecular weight excluding hydrogens is 320 g/mol. The Hall–Kier alpha value is -1.53. The highest BCUT2D eigenvalue weighted by Crippen LogP contribution is 2.41. The monoisotopic (exact) mass is 348 g/mol. The van der Waals surface area contributed by atoms with Crippen molar-refractivity contribution in [2.45, 2.75) is 64.8 Å². The van der Waals surface area contributed by atoms with E-state index in [0.717, 1.165) is 18.4 Å². The van der Waals surface area contributed by atoms with Crippen molar-refractivity contribution in [2.24, 2.45) is 5.92 Å². The van der Waals surface area contributed by atoms with Crippen molar-refractivity contribution in [1.29, 1.82) is 0 Å². The van der Waals surface area contributed by atoms with E-state index in [0.29, 0.717) is 11.5 Å². The molecule has 1 aliphatic carbocycles. The standard InChI is InChI=1S/C18H28N2O3Si/c1-13-9-14(16-7-8-19-12-17(16)20(21)22)11-15(10-13)23-24(5,6)18(2,3)4/h7-8,11-13,15H,9-10H2,1-6H3/t13-,15-/m1/s1. The summed E-state index contributed by atoms with van der Waals surface area (Å²) in [6.45, 7) is 13.4. The normalized spacial score (nSPS) is 22.2. The summed E-state index contributed by atoms with van der Waals surface area (Å²) >= 11 is 0. The maximum Gasteiger partial charge on any atom is 0.294 e. The molecule has 0 amide bonds. The molecular formula is C18H28N2O3Si. The summed E-state index contributed by atoms with van der Waals surface area (Å²) in [5.41, 5.74) is 1.75. The Morgan fingerprint density at radius 1 is 1.38 bits per heavy atom. The predicted molar refractivity (Wildman–Crippen MR) is 99.3 cm³/mol. The highest BCUT2D eigenvalue weighted by atomic mass is 28.4. The average Bonchev–Trinajstić information content (AvgIpc) is 2.44. The second-order valence-corrected chi connectivity index (χ2v) is 13.1. The average molecular weight is 349 g/mol. The maximum absolute atomic E-state index is 11.3. The molecule has 0 N–H and O–H groups in total. The molecule has 0 radical (unpaired) electrons. The van der Waals surface area contributed by atoms with Crippen molar-refractivity contribution in [2.75, 3.05) is 0 Å². The highest BCUT2D eigenvalue weighted by molar-refractivity contribution is 6.74. The minimum Gasteiger partial charge on any atom is -0.411 e. The van der Waals surface area contributed by atoms with E-state index in [1.165, 1.54) is 6.20 Å². The summed E-state index contributed by atoms with van der Waals surface area (Å²) in [5.74, 6) is 0.438. The van der Waals surface area contributed by atoms with Crippen LogP contribution >= 0.6 is 0 Å². The van der Waals surface area contributed by atoms with E-state index in [1.54, 1.807) is 12.3 Å². The van der Waals surface area contributed by atoms with Crippen LogP contribution in [0.2, 0.25) is 18.1 Å². The molecule has 0 aromatic carbocycles. The largest absolute Gasteiger partial charge is 0.411 e. The minimum absolute atomic E-state index is 0.0254. The summed E-state index contributed by atoms with van der Waals surface area (Å²) in [6.07, 6.45) is 6.88. The fraction of sp³-hybridized carbons (Fsp3) is 0.611. The van der Waals surface area contributed by atoms with Crippen molar-refractivity contribution in [1.82, 2.24) is 4.98 Å². The molecule has 5 nitrogen and oxygen atoms in total. The fourth-order valence-electron chi connectivity index (χ4n) is 2.86. The number of hydrogen-bond acceptors (Lipinski definition) is 4. The topological polar surface area (TPSA) is 65.3 Å². The van der Waals surface area contributed by atoms with Crippen LogP contribution in [0.4, 0.5) is 5.69 Å². The van der Waals surface area contributed by atoms with E-state index in [2.05, 4.69) is 51.8 Å². The molecule has 1 aromatic rings. The molecule has 2 atom stereocenters. The van der Waals surface area contributed by atoms with Crippen molar-refractivity contribution in [3.8, 4) is 0 Å². The van der Waals surface area contributed by atoms with Crippen LogP contribution in [0.25, 0.3) is 5.57 Å². The van der Waals surface area contributed by atoms with Gasteiger partial charge >= 0.3 is 0 Å². The van der Waals surface area contributed by atoms with Gasteiger partial charge in [0.1, 0.15) is 6.20 Å². The summed E-state index contributed by atoms with van der Waals surface area (Å²) in [7, 11) is -1.88. The van der Waals surface area contributed by atoms with Crippen LogP contribution in [-0.2, 0) is 4.43 Å². The van der Waals surface area contributed by atoms with Gasteiger partial charge in [0.2, 0.25) is 0 Å². The highest BCUT2D eigenvalue weighted by Gasteiger charge is 2.39. The second-order valence-electron chi connectivity index (χ2n) is 8.30. The van der Waals surface area contributed by atoms with E-state index in [9.17, 15) is 10.1 Å². The maximum atomic E-state index is 11.3. The number of hydrogen-bond donors (Lipinski definition) is 0. The van der Waals surface area contributed by atoms with Gasteiger partial charge in [-0.2, -0.15) is 0 Å². The van der Waals surface area contributed by atoms with Gasteiger partial charge in [0.15, 0.2) is 8.32 Å². The molecule has 6 heteroatoms. The Morgan fingerprint density at radius 2 is 2.04 bits per heavy atom. The summed E-state index contributed by atoms with van der Waals surface area (Å²) in [5, 5.41) is 11.4. The lowest BCUT2D eigenvalue weighted by Gasteiger charge is -2.40. The number of allylic oxidation sites excluding steroid dienone is 1. The van der Waals surface area contributed by atoms with Gasteiger partial charge in [0.05, 0.1) is 16.6 Å². The Kier molecular flexibility index (Phi) is 5.30. The molecule has 132 valence electrons. The minimum atomic E-state index is -1.88. The van der Waals surface area contributed by atoms with Crippen molar-refractivity contribution >= 4 is 19.6 Å². The van der Waals surface area contributed by atoms with Gasteiger partial charge in [-0.15, -0.1) is 0 Å². The van der Waals surface area contributed by atoms with Crippen LogP contribution in [0.5, 0.6) is 0 Å². The van der Waals surface area contributed by atoms with Gasteiger partial charge in [-0.1, -0.05) is 33.8 Å². The Bertz CT molecular complexity index is 650. The summed E-state index contributed by atoms with van der Waals surface area (Å²) < 4.78 is 6.54. The molecule has 0 bridgehead atoms. The molecule has 0 saturated carbocycles. The van der Waals surface area contributed by atoms with E-state index < -0.39 is 8.32 Å². The smallest absolute Gasteiger partial charge is 0.294 e. The first-order valence-corrected chi connectivity index (χ1v) is 11.4. The Morgan fingerprint density at radius 3 is 2.62 bits per heavy atom. The predicted octanol–water partition coefficient (Wildman–Crippen LogP) is 5.19. The number of rotatable bonds is 4. The number of pyridine rings is 1. The number of nitro groups is 1. The molecule has 2 rings (SSSR count). The molecule has 0 spiro atoms. The van der Waals surface area contributed by atoms with Crippen molar-refractivity contribution in [3.05, 3.63) is 40.2 Å². The van der Waals surface area contributed by atoms with Crippen molar-refractivity contribution in [3.63, 3.8) is 0 Å². The van der Waals surface area contributed by atoms with Gasteiger partial charge in [-0.3, -0.25) is 15.1 Å². The zero-order valence-electron chi connectivity index (χ0n) is 15.5. The van der Waals surface area contributed by atoms with Gasteiger partial charge in [-0.05, 0) is 48.5 Å². The lowest BCUT2D eigenvalue weighted by molar-refractivity contribution is -0.385. The van der Waals surface area contributed by atoms with Gasteiger partial charge in [-0.25, -0.2) is 0 Å². The van der Waals surface area contributed by atoms with Crippen LogP contribution in [0.3, 0.4) is 0 Å². The zero-order chi connectivity index (χ0) is 18.1. The van der Waals surface area contributed by atoms with Gasteiger partial charge < -0.3 is 4.43 Å². The van der Waals surface area contributed by atoms with Crippen molar-refractivity contribution < 1.29 is 9.35 Å². The van der Waals surface area contributed by atoms with Crippen LogP contribution in [0, 0.1) is 16.0 Å². The summed E-state index contributed by atoms with van der Waals surface area (Å²) in [6, 6.07) is 1.74. The van der Waals surface area contributed by atoms with E-state index >= 15 is 0 Å². The lowest BCUT2D eigenvalue weighted by Crippen LogP contribution is -2.44. The second kappa shape index (κ2) is 6.76. The molecule has 0 fully saturated rings. The zero-order valence-corrected chi connectivity index (χ0v) is 16.5. The first kappa shape index (κ1) is 18.8. The van der Waals surface area contributed by atoms with Crippen LogP contribution in [0.15, 0.2) is 24.5 Å². The first-order chi connectivity index (χ1) is 11.0. The molecule has 24 heavy (non-hydrogen) atoms. The summed E-state index contributed by atoms with van der Waals surface area (Å²) in [4.78, 5) is 14.8. The van der Waals surface area contributed by atoms with Crippen LogP contribution in [0.1, 0.15) is 46.1 Å². The first-order valence-electron chi connectivity index (χ1n) is 8.48. The number of aromatic nitrogens is 1. The molecule has 0 unspecified atom stereocenters. The van der Waals surface area contributed by atoms with E-state index in [4.69, 9.17) is 4.43 Å². The van der Waals surface area contributed by atoms with E-state index in [-0.39, 0.29) is 21.8 Å². The van der Waals surface area contributed by atoms with Gasteiger partial charge in [0, 0.05) is 6.20 Å². The third-order valence-corrected chi connectivity index (χ3v) is 9.69. The van der Waals surface area contributed by atoms with Crippen LogP contribution < -0.4 is 0 Å². The Balaban J connectivity index is 2.35. The molecule has 0 saturated heterocycles. The fourth-order valence-corrected chi connectivity index (χ4v) is 4.13. The molecule has 1 aromatic heterocycles. The number of nitrogens with zero attached hydrogens (tertiary/aromatic N) is 2. The molecule has 0 aliphatic heterocycles. The lowest BCUT2D eigenvalue weighted by atomic mass is 9.85. The Labute approximate surface area is 145 Å². The van der Waals surface area contributed by atoms with Gasteiger partial charge in [0.25, 0.3) is 5.69 Å². The third kappa shape index (κ3) is 4.11. The third-order valence-electron chi connectivity index (χ3n) is 5.19. The quantitative estimate of drug-likeness (QED) is 0.426. The molecule has 1 heterocycles. The van der Waals surface area contributed by atoms with Crippen LogP contribution in [-0.4, -0.2) is 24.3 Å². The molecule has 1 aliphatic rings.